The Balaban J connectivity index is 1.95. The Morgan fingerprint density at radius 3 is 2.93 bits per heavy atom. The van der Waals surface area contributed by atoms with Crippen molar-refractivity contribution in [1.29, 1.82) is 0 Å². The molecule has 0 unspecified atom stereocenters. The number of thiol groups is 1. The van der Waals surface area contributed by atoms with E-state index in [0.29, 0.717) is 6.54 Å². The minimum atomic E-state index is -0.254. The minimum absolute atomic E-state index is 0.254. The van der Waals surface area contributed by atoms with Gasteiger partial charge in [-0.3, -0.25) is 4.79 Å². The molecule has 1 aromatic rings. The van der Waals surface area contributed by atoms with Crippen molar-refractivity contribution in [2.45, 2.75) is 25.7 Å². The number of hydrogen-bond donors (Lipinski definition) is 2. The molecule has 0 radical (unpaired) electrons. The van der Waals surface area contributed by atoms with Crippen molar-refractivity contribution in [3.63, 3.8) is 0 Å². The number of benzene rings is 1. The number of carbonyl (C=O) groups is 1. The van der Waals surface area contributed by atoms with Gasteiger partial charge in [-0.05, 0) is 42.4 Å². The average Bonchev–Trinajstić information content (AvgIpc) is 2.64. The van der Waals surface area contributed by atoms with Gasteiger partial charge in [0.25, 0.3) is 5.24 Å². The molecule has 0 spiro atoms. The molecule has 0 aromatic heterocycles. The fourth-order valence-electron chi connectivity index (χ4n) is 2.09. The van der Waals surface area contributed by atoms with Crippen molar-refractivity contribution in [2.75, 3.05) is 6.54 Å². The van der Waals surface area contributed by atoms with Gasteiger partial charge in [-0.2, -0.15) is 0 Å². The fraction of sp³-hybridized carbons (Fsp3) is 0.417. The molecule has 3 heteroatoms. The van der Waals surface area contributed by atoms with Gasteiger partial charge in [0.1, 0.15) is 0 Å². The minimum Gasteiger partial charge on any atom is -0.347 e. The zero-order valence-corrected chi connectivity index (χ0v) is 9.52. The number of fused-ring (bicyclic) bond motifs is 1. The van der Waals surface area contributed by atoms with Crippen LogP contribution < -0.4 is 5.32 Å². The second-order valence-corrected chi connectivity index (χ2v) is 4.34. The molecule has 0 bridgehead atoms. The summed E-state index contributed by atoms with van der Waals surface area (Å²) >= 11 is 3.66. The lowest BCUT2D eigenvalue weighted by Gasteiger charge is -2.05. The van der Waals surface area contributed by atoms with E-state index in [1.54, 1.807) is 0 Å². The Morgan fingerprint density at radius 1 is 1.33 bits per heavy atom. The van der Waals surface area contributed by atoms with Crippen LogP contribution in [0.4, 0.5) is 4.79 Å². The molecule has 1 aliphatic rings. The van der Waals surface area contributed by atoms with Crippen LogP contribution >= 0.6 is 12.6 Å². The molecule has 0 heterocycles. The summed E-state index contributed by atoms with van der Waals surface area (Å²) in [6, 6.07) is 6.65. The van der Waals surface area contributed by atoms with Crippen molar-refractivity contribution < 1.29 is 4.79 Å². The first-order chi connectivity index (χ1) is 7.25. The third-order valence-corrected chi connectivity index (χ3v) is 3.01. The van der Waals surface area contributed by atoms with E-state index in [-0.39, 0.29) is 5.24 Å². The summed E-state index contributed by atoms with van der Waals surface area (Å²) in [4.78, 5) is 10.6. The predicted molar refractivity (Wildman–Crippen MR) is 64.6 cm³/mol. The summed E-state index contributed by atoms with van der Waals surface area (Å²) in [7, 11) is 0. The first-order valence-corrected chi connectivity index (χ1v) is 5.78. The van der Waals surface area contributed by atoms with Gasteiger partial charge in [-0.1, -0.05) is 30.8 Å². The van der Waals surface area contributed by atoms with Crippen molar-refractivity contribution >= 4 is 17.9 Å². The van der Waals surface area contributed by atoms with E-state index in [1.807, 2.05) is 0 Å². The predicted octanol–water partition coefficient (Wildman–Crippen LogP) is 2.36. The highest BCUT2D eigenvalue weighted by Gasteiger charge is 2.10. The van der Waals surface area contributed by atoms with Crippen molar-refractivity contribution in [2.24, 2.45) is 0 Å². The van der Waals surface area contributed by atoms with Gasteiger partial charge >= 0.3 is 0 Å². The molecule has 1 N–H and O–H groups in total. The van der Waals surface area contributed by atoms with Gasteiger partial charge in [0.05, 0.1) is 0 Å². The Hall–Kier alpha value is -0.960. The van der Waals surface area contributed by atoms with E-state index in [1.165, 1.54) is 36.0 Å². The molecular weight excluding hydrogens is 206 g/mol. The third kappa shape index (κ3) is 2.75. The molecule has 0 fully saturated rings. The first-order valence-electron chi connectivity index (χ1n) is 5.33. The molecule has 0 saturated carbocycles. The van der Waals surface area contributed by atoms with Crippen LogP contribution in [0.5, 0.6) is 0 Å². The lowest BCUT2D eigenvalue weighted by atomic mass is 10.0. The van der Waals surface area contributed by atoms with Gasteiger partial charge in [-0.25, -0.2) is 0 Å². The Kier molecular flexibility index (Phi) is 3.31. The molecule has 2 nitrogen and oxygen atoms in total. The van der Waals surface area contributed by atoms with Crippen molar-refractivity contribution in [3.05, 3.63) is 34.9 Å². The lowest BCUT2D eigenvalue weighted by Crippen LogP contribution is -2.19. The van der Waals surface area contributed by atoms with Gasteiger partial charge < -0.3 is 5.32 Å². The quantitative estimate of drug-likeness (QED) is 0.754. The second kappa shape index (κ2) is 4.71. The van der Waals surface area contributed by atoms with Crippen molar-refractivity contribution in [3.8, 4) is 0 Å². The molecule has 2 rings (SSSR count). The van der Waals surface area contributed by atoms with Gasteiger partial charge in [0.2, 0.25) is 0 Å². The summed E-state index contributed by atoms with van der Waals surface area (Å²) in [6.45, 7) is 0.668. The Labute approximate surface area is 95.5 Å². The van der Waals surface area contributed by atoms with Crippen LogP contribution in [-0.4, -0.2) is 11.8 Å². The monoisotopic (exact) mass is 221 g/mol. The van der Waals surface area contributed by atoms with Crippen LogP contribution in [-0.2, 0) is 19.3 Å². The molecule has 0 saturated heterocycles. The molecule has 1 amide bonds. The molecule has 80 valence electrons. The summed E-state index contributed by atoms with van der Waals surface area (Å²) in [5.74, 6) is 0. The third-order valence-electron chi connectivity index (χ3n) is 2.85. The van der Waals surface area contributed by atoms with Crippen LogP contribution in [0.2, 0.25) is 0 Å². The number of hydrogen-bond acceptors (Lipinski definition) is 1. The zero-order chi connectivity index (χ0) is 10.7. The highest BCUT2D eigenvalue weighted by Crippen LogP contribution is 2.22. The maximum Gasteiger partial charge on any atom is 0.275 e. The van der Waals surface area contributed by atoms with E-state index < -0.39 is 0 Å². The molecule has 15 heavy (non-hydrogen) atoms. The molecular formula is C12H15NOS. The summed E-state index contributed by atoms with van der Waals surface area (Å²) in [6.07, 6.45) is 4.61. The Morgan fingerprint density at radius 2 is 2.13 bits per heavy atom. The van der Waals surface area contributed by atoms with Crippen LogP contribution in [0.25, 0.3) is 0 Å². The smallest absolute Gasteiger partial charge is 0.275 e. The number of aryl methyl sites for hydroxylation is 2. The van der Waals surface area contributed by atoms with E-state index in [2.05, 4.69) is 36.1 Å². The topological polar surface area (TPSA) is 29.1 Å². The maximum atomic E-state index is 10.6. The number of rotatable bonds is 3. The molecule has 1 aromatic carbocycles. The van der Waals surface area contributed by atoms with Gasteiger partial charge in [0, 0.05) is 6.54 Å². The molecule has 0 atom stereocenters. The summed E-state index contributed by atoms with van der Waals surface area (Å²) < 4.78 is 0. The second-order valence-electron chi connectivity index (χ2n) is 3.94. The average molecular weight is 221 g/mol. The van der Waals surface area contributed by atoms with Crippen LogP contribution in [0.3, 0.4) is 0 Å². The van der Waals surface area contributed by atoms with E-state index >= 15 is 0 Å². The summed E-state index contributed by atoms with van der Waals surface area (Å²) in [5.41, 5.74) is 4.29. The number of nitrogens with one attached hydrogen (secondary N) is 1. The lowest BCUT2D eigenvalue weighted by molar-refractivity contribution is 0.261. The van der Waals surface area contributed by atoms with Gasteiger partial charge in [0.15, 0.2) is 0 Å². The van der Waals surface area contributed by atoms with Crippen LogP contribution in [0.1, 0.15) is 23.1 Å². The Bertz CT molecular complexity index is 376. The van der Waals surface area contributed by atoms with E-state index in [0.717, 1.165) is 6.42 Å². The van der Waals surface area contributed by atoms with Crippen LogP contribution in [0.15, 0.2) is 18.2 Å². The zero-order valence-electron chi connectivity index (χ0n) is 8.62. The highest BCUT2D eigenvalue weighted by atomic mass is 32.1. The number of amides is 1. The first kappa shape index (κ1) is 10.6. The standard InChI is InChI=1S/C12H15NOS/c14-12(15)13-7-6-9-4-5-10-2-1-3-11(10)8-9/h4-5,8H,1-3,6-7H2,(H2,13,14,15). The van der Waals surface area contributed by atoms with Crippen LogP contribution in [0, 0.1) is 0 Å². The SMILES string of the molecule is O=C(S)NCCc1ccc2c(c1)CCC2. The fourth-order valence-corrected chi connectivity index (χ4v) is 2.21. The molecule has 0 aliphatic heterocycles. The summed E-state index contributed by atoms with van der Waals surface area (Å²) in [5, 5.41) is 2.43. The number of carbonyl (C=O) groups excluding carboxylic acids is 1. The van der Waals surface area contributed by atoms with Crippen molar-refractivity contribution in [1.82, 2.24) is 5.32 Å². The maximum absolute atomic E-state index is 10.6. The van der Waals surface area contributed by atoms with Gasteiger partial charge in [-0.15, -0.1) is 0 Å². The largest absolute Gasteiger partial charge is 0.347 e. The van der Waals surface area contributed by atoms with E-state index in [9.17, 15) is 4.79 Å². The molecule has 1 aliphatic carbocycles. The normalized spacial score (nSPS) is 13.7. The van der Waals surface area contributed by atoms with E-state index in [4.69, 9.17) is 0 Å². The highest BCUT2D eigenvalue weighted by molar-refractivity contribution is 7.96.